The highest BCUT2D eigenvalue weighted by molar-refractivity contribution is 7.92. The maximum atomic E-state index is 12.8. The van der Waals surface area contributed by atoms with Gasteiger partial charge < -0.3 is 5.32 Å². The molecule has 140 valence electrons. The number of hydrogen-bond acceptors (Lipinski definition) is 5. The fraction of sp³-hybridized carbons (Fsp3) is 0.263. The Morgan fingerprint density at radius 2 is 1.85 bits per heavy atom. The van der Waals surface area contributed by atoms with Gasteiger partial charge in [-0.25, -0.2) is 13.4 Å². The lowest BCUT2D eigenvalue weighted by molar-refractivity contribution is -0.114. The minimum absolute atomic E-state index is 0.192. The molecule has 0 unspecified atom stereocenters. The van der Waals surface area contributed by atoms with E-state index in [1.165, 1.54) is 23.8 Å². The third-order valence-corrected chi connectivity index (χ3v) is 6.88. The predicted molar refractivity (Wildman–Crippen MR) is 108 cm³/mol. The maximum Gasteiger partial charge on any atom is 0.261 e. The fourth-order valence-electron chi connectivity index (χ4n) is 3.29. The lowest BCUT2D eigenvalue weighted by Gasteiger charge is -2.17. The number of carbonyl (C=O) groups is 1. The third-order valence-electron chi connectivity index (χ3n) is 4.55. The molecule has 0 spiro atoms. The Kier molecular flexibility index (Phi) is 4.61. The molecule has 27 heavy (non-hydrogen) atoms. The number of sulfonamides is 1. The van der Waals surface area contributed by atoms with Crippen LogP contribution in [-0.4, -0.2) is 19.3 Å². The zero-order valence-electron chi connectivity index (χ0n) is 14.8. The van der Waals surface area contributed by atoms with E-state index in [2.05, 4.69) is 15.0 Å². The van der Waals surface area contributed by atoms with E-state index in [9.17, 15) is 13.2 Å². The van der Waals surface area contributed by atoms with Gasteiger partial charge in [-0.05, 0) is 67.1 Å². The van der Waals surface area contributed by atoms with Gasteiger partial charge in [-0.3, -0.25) is 9.52 Å². The summed E-state index contributed by atoms with van der Waals surface area (Å²) in [5, 5.41) is 3.14. The average Bonchev–Trinajstić information content (AvgIpc) is 3.01. The van der Waals surface area contributed by atoms with Gasteiger partial charge in [-0.1, -0.05) is 17.4 Å². The molecule has 1 aromatic heterocycles. The number of aromatic nitrogens is 1. The van der Waals surface area contributed by atoms with Crippen LogP contribution in [0.1, 0.15) is 30.9 Å². The summed E-state index contributed by atoms with van der Waals surface area (Å²) in [4.78, 5) is 15.8. The van der Waals surface area contributed by atoms with Gasteiger partial charge in [0.2, 0.25) is 5.91 Å². The molecule has 0 saturated heterocycles. The number of carbonyl (C=O) groups excluding carboxylic acids is 1. The standard InChI is InChI=1S/C19H19N3O3S2/c1-12(23)20-19-21-17-11-15(7-9-18(17)26-19)22-27(24,25)16-8-6-13-4-2-3-5-14(13)10-16/h6-11,22H,2-5H2,1H3,(H,20,21,23). The number of rotatable bonds is 4. The second kappa shape index (κ2) is 6.94. The van der Waals surface area contributed by atoms with E-state index in [0.29, 0.717) is 16.3 Å². The summed E-state index contributed by atoms with van der Waals surface area (Å²) < 4.78 is 29.1. The van der Waals surface area contributed by atoms with Gasteiger partial charge in [0.15, 0.2) is 5.13 Å². The second-order valence-corrected chi connectivity index (χ2v) is 9.34. The minimum Gasteiger partial charge on any atom is -0.302 e. The lowest BCUT2D eigenvalue weighted by Crippen LogP contribution is -2.14. The molecule has 0 aliphatic heterocycles. The molecule has 1 aliphatic rings. The Labute approximate surface area is 161 Å². The van der Waals surface area contributed by atoms with Crippen molar-refractivity contribution in [1.82, 2.24) is 4.98 Å². The van der Waals surface area contributed by atoms with Crippen LogP contribution in [0.4, 0.5) is 10.8 Å². The van der Waals surface area contributed by atoms with E-state index in [0.717, 1.165) is 35.9 Å². The van der Waals surface area contributed by atoms with E-state index < -0.39 is 10.0 Å². The van der Waals surface area contributed by atoms with Gasteiger partial charge in [0, 0.05) is 6.92 Å². The number of thiazole rings is 1. The predicted octanol–water partition coefficient (Wildman–Crippen LogP) is 3.93. The van der Waals surface area contributed by atoms with Crippen LogP contribution in [0.2, 0.25) is 0 Å². The maximum absolute atomic E-state index is 12.8. The smallest absolute Gasteiger partial charge is 0.261 e. The van der Waals surface area contributed by atoms with Crippen LogP contribution in [-0.2, 0) is 27.7 Å². The second-order valence-electron chi connectivity index (χ2n) is 6.63. The first-order chi connectivity index (χ1) is 12.9. The SMILES string of the molecule is CC(=O)Nc1nc2cc(NS(=O)(=O)c3ccc4c(c3)CCCC4)ccc2s1. The van der Waals surface area contributed by atoms with Crippen molar-refractivity contribution in [1.29, 1.82) is 0 Å². The highest BCUT2D eigenvalue weighted by Gasteiger charge is 2.18. The summed E-state index contributed by atoms with van der Waals surface area (Å²) in [6, 6.07) is 10.5. The zero-order valence-corrected chi connectivity index (χ0v) is 16.4. The molecule has 3 aromatic rings. The summed E-state index contributed by atoms with van der Waals surface area (Å²) in [5.74, 6) is -0.192. The van der Waals surface area contributed by atoms with Crippen LogP contribution in [0.25, 0.3) is 10.2 Å². The van der Waals surface area contributed by atoms with Crippen LogP contribution < -0.4 is 10.0 Å². The van der Waals surface area contributed by atoms with Crippen molar-refractivity contribution in [3.8, 4) is 0 Å². The Morgan fingerprint density at radius 3 is 2.63 bits per heavy atom. The molecule has 0 bridgehead atoms. The lowest BCUT2D eigenvalue weighted by atomic mass is 9.92. The highest BCUT2D eigenvalue weighted by Crippen LogP contribution is 2.30. The summed E-state index contributed by atoms with van der Waals surface area (Å²) in [5.41, 5.74) is 3.45. The normalized spacial score (nSPS) is 14.0. The monoisotopic (exact) mass is 401 g/mol. The van der Waals surface area contributed by atoms with E-state index >= 15 is 0 Å². The summed E-state index contributed by atoms with van der Waals surface area (Å²) in [6.45, 7) is 1.42. The molecular weight excluding hydrogens is 382 g/mol. The topological polar surface area (TPSA) is 88.2 Å². The van der Waals surface area contributed by atoms with Crippen LogP contribution >= 0.6 is 11.3 Å². The van der Waals surface area contributed by atoms with Crippen LogP contribution in [0.5, 0.6) is 0 Å². The number of nitrogens with zero attached hydrogens (tertiary/aromatic N) is 1. The number of fused-ring (bicyclic) bond motifs is 2. The first-order valence-electron chi connectivity index (χ1n) is 8.73. The zero-order chi connectivity index (χ0) is 19.0. The van der Waals surface area contributed by atoms with E-state index in [4.69, 9.17) is 0 Å². The molecule has 1 amide bonds. The molecule has 1 aliphatic carbocycles. The number of hydrogen-bond donors (Lipinski definition) is 2. The molecule has 2 N–H and O–H groups in total. The van der Waals surface area contributed by atoms with Crippen LogP contribution in [0.3, 0.4) is 0 Å². The molecule has 8 heteroatoms. The summed E-state index contributed by atoms with van der Waals surface area (Å²) in [7, 11) is -3.67. The van der Waals surface area contributed by atoms with E-state index in [1.54, 1.807) is 30.3 Å². The Morgan fingerprint density at radius 1 is 1.07 bits per heavy atom. The van der Waals surface area contributed by atoms with Crippen molar-refractivity contribution in [3.05, 3.63) is 47.5 Å². The Bertz CT molecular complexity index is 1140. The number of nitrogens with one attached hydrogen (secondary N) is 2. The van der Waals surface area contributed by atoms with Crippen molar-refractivity contribution >= 4 is 48.3 Å². The first-order valence-corrected chi connectivity index (χ1v) is 11.0. The van der Waals surface area contributed by atoms with Crippen molar-refractivity contribution in [2.75, 3.05) is 10.0 Å². The molecule has 1 heterocycles. The molecule has 0 atom stereocenters. The van der Waals surface area contributed by atoms with Crippen molar-refractivity contribution < 1.29 is 13.2 Å². The summed E-state index contributed by atoms with van der Waals surface area (Å²) >= 11 is 1.34. The summed E-state index contributed by atoms with van der Waals surface area (Å²) in [6.07, 6.45) is 4.20. The first kappa shape index (κ1) is 17.9. The molecular formula is C19H19N3O3S2. The van der Waals surface area contributed by atoms with Crippen molar-refractivity contribution in [3.63, 3.8) is 0 Å². The number of amides is 1. The molecule has 0 radical (unpaired) electrons. The van der Waals surface area contributed by atoms with Crippen LogP contribution in [0.15, 0.2) is 41.3 Å². The third kappa shape index (κ3) is 3.81. The molecule has 0 saturated carbocycles. The fourth-order valence-corrected chi connectivity index (χ4v) is 5.28. The average molecular weight is 402 g/mol. The van der Waals surface area contributed by atoms with E-state index in [-0.39, 0.29) is 10.8 Å². The van der Waals surface area contributed by atoms with E-state index in [1.807, 2.05) is 6.07 Å². The van der Waals surface area contributed by atoms with Gasteiger partial charge in [0.1, 0.15) is 0 Å². The molecule has 4 rings (SSSR count). The molecule has 6 nitrogen and oxygen atoms in total. The van der Waals surface area contributed by atoms with Gasteiger partial charge in [-0.15, -0.1) is 0 Å². The van der Waals surface area contributed by atoms with Gasteiger partial charge >= 0.3 is 0 Å². The van der Waals surface area contributed by atoms with Crippen molar-refractivity contribution in [2.24, 2.45) is 0 Å². The number of benzene rings is 2. The van der Waals surface area contributed by atoms with Gasteiger partial charge in [0.05, 0.1) is 20.8 Å². The van der Waals surface area contributed by atoms with Crippen LogP contribution in [0, 0.1) is 0 Å². The van der Waals surface area contributed by atoms with Gasteiger partial charge in [-0.2, -0.15) is 0 Å². The largest absolute Gasteiger partial charge is 0.302 e. The van der Waals surface area contributed by atoms with Crippen molar-refractivity contribution in [2.45, 2.75) is 37.5 Å². The quantitative estimate of drug-likeness (QED) is 0.693. The highest BCUT2D eigenvalue weighted by atomic mass is 32.2. The molecule has 0 fully saturated rings. The Hall–Kier alpha value is -2.45. The van der Waals surface area contributed by atoms with Gasteiger partial charge in [0.25, 0.3) is 10.0 Å². The minimum atomic E-state index is -3.67. The molecule has 2 aromatic carbocycles. The number of anilines is 2. The Balaban J connectivity index is 1.61. The number of aryl methyl sites for hydroxylation is 2.